The van der Waals surface area contributed by atoms with Crippen LogP contribution in [-0.4, -0.2) is 12.6 Å². The normalized spacial score (nSPS) is 23.5. The second kappa shape index (κ2) is 7.69. The highest BCUT2D eigenvalue weighted by Crippen LogP contribution is 2.33. The number of aryl methyl sites for hydroxylation is 1. The fourth-order valence-electron chi connectivity index (χ4n) is 3.32. The Hall–Kier alpha value is -0.820. The predicted octanol–water partition coefficient (Wildman–Crippen LogP) is 4.66. The van der Waals surface area contributed by atoms with Gasteiger partial charge in [-0.15, -0.1) is 0 Å². The summed E-state index contributed by atoms with van der Waals surface area (Å²) in [6, 6.07) is 10.1. The van der Waals surface area contributed by atoms with Gasteiger partial charge in [0.15, 0.2) is 0 Å². The third kappa shape index (κ3) is 4.35. The molecule has 0 aliphatic heterocycles. The van der Waals surface area contributed by atoms with Crippen molar-refractivity contribution in [1.82, 2.24) is 5.32 Å². The molecule has 1 aromatic rings. The zero-order chi connectivity index (χ0) is 13.5. The molecule has 2 rings (SSSR count). The highest BCUT2D eigenvalue weighted by molar-refractivity contribution is 5.27. The van der Waals surface area contributed by atoms with Gasteiger partial charge in [0.1, 0.15) is 0 Å². The molecule has 2 unspecified atom stereocenters. The van der Waals surface area contributed by atoms with Crippen LogP contribution >= 0.6 is 0 Å². The van der Waals surface area contributed by atoms with Crippen molar-refractivity contribution in [3.05, 3.63) is 35.4 Å². The van der Waals surface area contributed by atoms with Gasteiger partial charge >= 0.3 is 0 Å². The summed E-state index contributed by atoms with van der Waals surface area (Å²) in [5.41, 5.74) is 3.09. The van der Waals surface area contributed by atoms with Gasteiger partial charge in [-0.2, -0.15) is 0 Å². The summed E-state index contributed by atoms with van der Waals surface area (Å²) in [5, 5.41) is 3.71. The van der Waals surface area contributed by atoms with Crippen LogP contribution in [0.5, 0.6) is 0 Å². The molecular weight excluding hydrogens is 230 g/mol. The van der Waals surface area contributed by atoms with Crippen molar-refractivity contribution in [2.75, 3.05) is 6.54 Å². The van der Waals surface area contributed by atoms with E-state index in [1.807, 2.05) is 0 Å². The zero-order valence-electron chi connectivity index (χ0n) is 12.6. The fraction of sp³-hybridized carbons (Fsp3) is 0.667. The Morgan fingerprint density at radius 1 is 1.16 bits per heavy atom. The average molecular weight is 259 g/mol. The van der Waals surface area contributed by atoms with Crippen molar-refractivity contribution in [3.63, 3.8) is 0 Å². The molecule has 0 heterocycles. The molecule has 0 bridgehead atoms. The van der Waals surface area contributed by atoms with E-state index in [2.05, 4.69) is 43.4 Å². The van der Waals surface area contributed by atoms with E-state index in [-0.39, 0.29) is 0 Å². The quantitative estimate of drug-likeness (QED) is 0.783. The van der Waals surface area contributed by atoms with E-state index < -0.39 is 0 Å². The molecule has 1 aliphatic carbocycles. The lowest BCUT2D eigenvalue weighted by Gasteiger charge is -2.30. The first-order valence-corrected chi connectivity index (χ1v) is 8.15. The van der Waals surface area contributed by atoms with Crippen LogP contribution in [0.15, 0.2) is 24.3 Å². The first-order valence-electron chi connectivity index (χ1n) is 8.15. The van der Waals surface area contributed by atoms with Crippen molar-refractivity contribution in [1.29, 1.82) is 0 Å². The maximum absolute atomic E-state index is 3.71. The molecule has 1 heteroatoms. The predicted molar refractivity (Wildman–Crippen MR) is 83.7 cm³/mol. The molecule has 0 aromatic heterocycles. The molecule has 0 saturated heterocycles. The van der Waals surface area contributed by atoms with Crippen molar-refractivity contribution in [3.8, 4) is 0 Å². The van der Waals surface area contributed by atoms with Gasteiger partial charge in [0.05, 0.1) is 0 Å². The topological polar surface area (TPSA) is 12.0 Å². The molecule has 0 radical (unpaired) electrons. The lowest BCUT2D eigenvalue weighted by Crippen LogP contribution is -2.34. The summed E-state index contributed by atoms with van der Waals surface area (Å²) in [4.78, 5) is 0. The van der Waals surface area contributed by atoms with Crippen LogP contribution < -0.4 is 5.32 Å². The summed E-state index contributed by atoms with van der Waals surface area (Å²) < 4.78 is 0. The average Bonchev–Trinajstić information content (AvgIpc) is 2.46. The van der Waals surface area contributed by atoms with E-state index in [1.54, 1.807) is 5.56 Å². The van der Waals surface area contributed by atoms with E-state index in [4.69, 9.17) is 0 Å². The Morgan fingerprint density at radius 3 is 2.84 bits per heavy atom. The third-order valence-electron chi connectivity index (χ3n) is 4.32. The first kappa shape index (κ1) is 14.6. The van der Waals surface area contributed by atoms with E-state index >= 15 is 0 Å². The summed E-state index contributed by atoms with van der Waals surface area (Å²) in [7, 11) is 0. The minimum atomic E-state index is 0.744. The van der Waals surface area contributed by atoms with Crippen LogP contribution in [-0.2, 0) is 6.42 Å². The number of nitrogens with one attached hydrogen (secondary N) is 1. The smallest absolute Gasteiger partial charge is 0.00728 e. The van der Waals surface area contributed by atoms with Crippen molar-refractivity contribution >= 4 is 0 Å². The third-order valence-corrected chi connectivity index (χ3v) is 4.32. The van der Waals surface area contributed by atoms with Gasteiger partial charge < -0.3 is 5.32 Å². The molecule has 1 fully saturated rings. The molecular formula is C18H29N. The van der Waals surface area contributed by atoms with Gasteiger partial charge in [0.25, 0.3) is 0 Å². The molecule has 0 spiro atoms. The van der Waals surface area contributed by atoms with Crippen LogP contribution in [0.1, 0.15) is 69.4 Å². The lowest BCUT2D eigenvalue weighted by molar-refractivity contribution is 0.340. The highest BCUT2D eigenvalue weighted by Gasteiger charge is 2.22. The maximum Gasteiger partial charge on any atom is 0.00728 e. The van der Waals surface area contributed by atoms with Crippen LogP contribution in [0.25, 0.3) is 0 Å². The van der Waals surface area contributed by atoms with Gasteiger partial charge in [0.2, 0.25) is 0 Å². The van der Waals surface area contributed by atoms with Crippen LogP contribution in [0.2, 0.25) is 0 Å². The Kier molecular flexibility index (Phi) is 5.91. The first-order chi connectivity index (χ1) is 9.33. The summed E-state index contributed by atoms with van der Waals surface area (Å²) >= 11 is 0. The highest BCUT2D eigenvalue weighted by atomic mass is 14.9. The monoisotopic (exact) mass is 259 g/mol. The molecule has 106 valence electrons. The van der Waals surface area contributed by atoms with Crippen LogP contribution in [0.4, 0.5) is 0 Å². The number of benzene rings is 1. The van der Waals surface area contributed by atoms with E-state index in [0.29, 0.717) is 0 Å². The Morgan fingerprint density at radius 2 is 2.05 bits per heavy atom. The van der Waals surface area contributed by atoms with Gasteiger partial charge in [-0.25, -0.2) is 0 Å². The standard InChI is InChI=1S/C18H29N/c1-3-7-15-8-5-9-16(13-15)17-10-6-11-18(14-17)19-12-4-2/h5,8-9,13,17-19H,3-4,6-7,10-12,14H2,1-2H3. The molecule has 1 aromatic carbocycles. The molecule has 1 nitrogen and oxygen atoms in total. The number of hydrogen-bond donors (Lipinski definition) is 1. The second-order valence-electron chi connectivity index (χ2n) is 6.01. The molecule has 0 amide bonds. The van der Waals surface area contributed by atoms with E-state index in [0.717, 1.165) is 12.0 Å². The summed E-state index contributed by atoms with van der Waals surface area (Å²) in [5.74, 6) is 0.778. The van der Waals surface area contributed by atoms with E-state index in [9.17, 15) is 0 Å². The molecule has 1 saturated carbocycles. The van der Waals surface area contributed by atoms with Crippen LogP contribution in [0, 0.1) is 0 Å². The largest absolute Gasteiger partial charge is 0.314 e. The van der Waals surface area contributed by atoms with E-state index in [1.165, 1.54) is 57.1 Å². The molecule has 1 N–H and O–H groups in total. The van der Waals surface area contributed by atoms with Gasteiger partial charge in [-0.1, -0.05) is 51.0 Å². The second-order valence-corrected chi connectivity index (χ2v) is 6.01. The number of rotatable bonds is 6. The Bertz CT molecular complexity index is 372. The number of hydrogen-bond acceptors (Lipinski definition) is 1. The lowest BCUT2D eigenvalue weighted by atomic mass is 9.81. The van der Waals surface area contributed by atoms with Crippen molar-refractivity contribution in [2.24, 2.45) is 0 Å². The fourth-order valence-corrected chi connectivity index (χ4v) is 3.32. The Labute approximate surface area is 118 Å². The SMILES string of the molecule is CCCNC1CCCC(c2cccc(CCC)c2)C1. The van der Waals surface area contributed by atoms with Crippen molar-refractivity contribution in [2.45, 2.75) is 70.8 Å². The van der Waals surface area contributed by atoms with Gasteiger partial charge in [0, 0.05) is 6.04 Å². The van der Waals surface area contributed by atoms with Crippen LogP contribution in [0.3, 0.4) is 0 Å². The minimum Gasteiger partial charge on any atom is -0.314 e. The zero-order valence-corrected chi connectivity index (χ0v) is 12.6. The summed E-state index contributed by atoms with van der Waals surface area (Å²) in [6.45, 7) is 5.69. The molecule has 1 aliphatic rings. The van der Waals surface area contributed by atoms with Gasteiger partial charge in [-0.3, -0.25) is 0 Å². The maximum atomic E-state index is 3.71. The summed E-state index contributed by atoms with van der Waals surface area (Å²) in [6.07, 6.45) is 9.16. The Balaban J connectivity index is 1.98. The minimum absolute atomic E-state index is 0.744. The molecule has 2 atom stereocenters. The van der Waals surface area contributed by atoms with Crippen molar-refractivity contribution < 1.29 is 0 Å². The molecule has 19 heavy (non-hydrogen) atoms. The van der Waals surface area contributed by atoms with Gasteiger partial charge in [-0.05, 0) is 55.7 Å².